The lowest BCUT2D eigenvalue weighted by Crippen LogP contribution is -2.63. The van der Waals surface area contributed by atoms with Gasteiger partial charge < -0.3 is 15.8 Å². The summed E-state index contributed by atoms with van der Waals surface area (Å²) in [6.45, 7) is 6.99. The van der Waals surface area contributed by atoms with Gasteiger partial charge in [-0.2, -0.15) is 0 Å². The number of carbonyl (C=O) groups is 2. The Kier molecular flexibility index (Phi) is 3.81. The van der Waals surface area contributed by atoms with E-state index in [1.165, 1.54) is 0 Å². The number of amides is 1. The van der Waals surface area contributed by atoms with Gasteiger partial charge in [-0.3, -0.25) is 4.79 Å². The van der Waals surface area contributed by atoms with Gasteiger partial charge >= 0.3 is 6.09 Å². The number of hydrogen-bond donors (Lipinski definition) is 2. The van der Waals surface area contributed by atoms with E-state index < -0.39 is 23.3 Å². The minimum absolute atomic E-state index is 0.116. The van der Waals surface area contributed by atoms with E-state index in [-0.39, 0.29) is 5.78 Å². The SMILES string of the molecule is CC(N)C(=O)C1(NC(=O)OC(C)(C)C)CCC1. The van der Waals surface area contributed by atoms with Crippen LogP contribution in [0.5, 0.6) is 0 Å². The summed E-state index contributed by atoms with van der Waals surface area (Å²) in [4.78, 5) is 23.6. The summed E-state index contributed by atoms with van der Waals surface area (Å²) >= 11 is 0. The molecule has 0 aromatic carbocycles. The van der Waals surface area contributed by atoms with Gasteiger partial charge in [0.15, 0.2) is 5.78 Å². The fourth-order valence-corrected chi connectivity index (χ4v) is 1.90. The van der Waals surface area contributed by atoms with Crippen LogP contribution >= 0.6 is 0 Å². The second-order valence-corrected chi connectivity index (χ2v) is 5.72. The molecule has 0 aromatic rings. The normalized spacial score (nSPS) is 20.1. The van der Waals surface area contributed by atoms with Crippen LogP contribution < -0.4 is 11.1 Å². The molecular weight excluding hydrogens is 220 g/mol. The molecule has 1 atom stereocenters. The highest BCUT2D eigenvalue weighted by Gasteiger charge is 2.46. The van der Waals surface area contributed by atoms with Crippen LogP contribution in [0, 0.1) is 0 Å². The highest BCUT2D eigenvalue weighted by Crippen LogP contribution is 2.33. The Balaban J connectivity index is 2.64. The van der Waals surface area contributed by atoms with Crippen molar-refractivity contribution in [3.8, 4) is 0 Å². The molecule has 1 amide bonds. The molecule has 0 spiro atoms. The zero-order valence-electron chi connectivity index (χ0n) is 11.0. The lowest BCUT2D eigenvalue weighted by atomic mass is 9.72. The summed E-state index contributed by atoms with van der Waals surface area (Å²) in [6.07, 6.45) is 1.67. The van der Waals surface area contributed by atoms with E-state index in [0.717, 1.165) is 6.42 Å². The van der Waals surface area contributed by atoms with E-state index in [9.17, 15) is 9.59 Å². The van der Waals surface area contributed by atoms with Gasteiger partial charge in [-0.25, -0.2) is 4.79 Å². The maximum atomic E-state index is 12.0. The fourth-order valence-electron chi connectivity index (χ4n) is 1.90. The first-order chi connectivity index (χ1) is 7.66. The molecule has 98 valence electrons. The van der Waals surface area contributed by atoms with Crippen LogP contribution in [0.15, 0.2) is 0 Å². The number of nitrogens with two attached hydrogens (primary N) is 1. The Hall–Kier alpha value is -1.10. The summed E-state index contributed by atoms with van der Waals surface area (Å²) in [5, 5.41) is 2.68. The molecule has 17 heavy (non-hydrogen) atoms. The minimum atomic E-state index is -0.795. The molecule has 3 N–H and O–H groups in total. The number of nitrogens with one attached hydrogen (secondary N) is 1. The number of Topliss-reactive ketones (excluding diaryl/α,β-unsaturated/α-hetero) is 1. The van der Waals surface area contributed by atoms with Crippen molar-refractivity contribution >= 4 is 11.9 Å². The summed E-state index contributed by atoms with van der Waals surface area (Å²) in [6, 6.07) is -0.565. The van der Waals surface area contributed by atoms with Crippen LogP contribution in [0.25, 0.3) is 0 Å². The minimum Gasteiger partial charge on any atom is -0.444 e. The average Bonchev–Trinajstić information content (AvgIpc) is 2.07. The molecule has 1 aliphatic carbocycles. The second-order valence-electron chi connectivity index (χ2n) is 5.72. The van der Waals surface area contributed by atoms with Gasteiger partial charge in [-0.15, -0.1) is 0 Å². The molecule has 0 saturated heterocycles. The van der Waals surface area contributed by atoms with Gasteiger partial charge in [0.1, 0.15) is 11.1 Å². The Morgan fingerprint density at radius 3 is 2.18 bits per heavy atom. The van der Waals surface area contributed by atoms with E-state index in [4.69, 9.17) is 10.5 Å². The van der Waals surface area contributed by atoms with E-state index in [0.29, 0.717) is 12.8 Å². The lowest BCUT2D eigenvalue weighted by Gasteiger charge is -2.42. The van der Waals surface area contributed by atoms with Gasteiger partial charge in [-0.05, 0) is 47.0 Å². The number of ether oxygens (including phenoxy) is 1. The molecule has 1 unspecified atom stereocenters. The average molecular weight is 242 g/mol. The summed E-state index contributed by atoms with van der Waals surface area (Å²) in [5.41, 5.74) is 4.23. The highest BCUT2D eigenvalue weighted by molar-refractivity contribution is 5.96. The standard InChI is InChI=1S/C12H22N2O3/c1-8(13)9(15)12(6-5-7-12)14-10(16)17-11(2,3)4/h8H,5-7,13H2,1-4H3,(H,14,16). The molecule has 5 nitrogen and oxygen atoms in total. The van der Waals surface area contributed by atoms with Crippen LogP contribution in [-0.4, -0.2) is 29.1 Å². The first-order valence-electron chi connectivity index (χ1n) is 5.97. The van der Waals surface area contributed by atoms with Crippen molar-refractivity contribution in [1.82, 2.24) is 5.32 Å². The Morgan fingerprint density at radius 2 is 1.88 bits per heavy atom. The van der Waals surface area contributed by atoms with Crippen LogP contribution in [-0.2, 0) is 9.53 Å². The smallest absolute Gasteiger partial charge is 0.408 e. The third-order valence-corrected chi connectivity index (χ3v) is 2.83. The van der Waals surface area contributed by atoms with Crippen molar-refractivity contribution < 1.29 is 14.3 Å². The van der Waals surface area contributed by atoms with E-state index in [1.54, 1.807) is 27.7 Å². The summed E-state index contributed by atoms with van der Waals surface area (Å²) in [5.74, 6) is -0.116. The van der Waals surface area contributed by atoms with Crippen molar-refractivity contribution in [2.24, 2.45) is 5.73 Å². The molecule has 0 bridgehead atoms. The zero-order valence-corrected chi connectivity index (χ0v) is 11.0. The number of alkyl carbamates (subject to hydrolysis) is 1. The van der Waals surface area contributed by atoms with E-state index >= 15 is 0 Å². The third kappa shape index (κ3) is 3.43. The fraction of sp³-hybridized carbons (Fsp3) is 0.833. The summed E-state index contributed by atoms with van der Waals surface area (Å²) in [7, 11) is 0. The predicted octanol–water partition coefficient (Wildman–Crippen LogP) is 1.35. The first-order valence-corrected chi connectivity index (χ1v) is 5.97. The second kappa shape index (κ2) is 4.64. The Labute approximate surface area is 102 Å². The summed E-state index contributed by atoms with van der Waals surface area (Å²) < 4.78 is 5.16. The molecule has 1 aliphatic rings. The van der Waals surface area contributed by atoms with Crippen molar-refractivity contribution in [3.05, 3.63) is 0 Å². The maximum Gasteiger partial charge on any atom is 0.408 e. The van der Waals surface area contributed by atoms with Gasteiger partial charge in [0, 0.05) is 0 Å². The van der Waals surface area contributed by atoms with Crippen molar-refractivity contribution in [2.45, 2.75) is 64.1 Å². The van der Waals surface area contributed by atoms with E-state index in [2.05, 4.69) is 5.32 Å². The molecule has 1 saturated carbocycles. The van der Waals surface area contributed by atoms with Crippen LogP contribution in [0.3, 0.4) is 0 Å². The molecule has 0 aromatic heterocycles. The number of carbonyl (C=O) groups excluding carboxylic acids is 2. The predicted molar refractivity (Wildman–Crippen MR) is 64.6 cm³/mol. The number of rotatable bonds is 3. The maximum absolute atomic E-state index is 12.0. The van der Waals surface area contributed by atoms with Gasteiger partial charge in [-0.1, -0.05) is 0 Å². The number of hydrogen-bond acceptors (Lipinski definition) is 4. The topological polar surface area (TPSA) is 81.4 Å². The molecular formula is C12H22N2O3. The molecule has 0 heterocycles. The van der Waals surface area contributed by atoms with Crippen molar-refractivity contribution in [2.75, 3.05) is 0 Å². The first kappa shape index (κ1) is 14.0. The Morgan fingerprint density at radius 1 is 1.35 bits per heavy atom. The molecule has 1 rings (SSSR count). The number of ketones is 1. The molecule has 5 heteroatoms. The quantitative estimate of drug-likeness (QED) is 0.782. The third-order valence-electron chi connectivity index (χ3n) is 2.83. The van der Waals surface area contributed by atoms with Crippen LogP contribution in [0.4, 0.5) is 4.79 Å². The van der Waals surface area contributed by atoms with Crippen molar-refractivity contribution in [3.63, 3.8) is 0 Å². The zero-order chi connectivity index (χ0) is 13.3. The van der Waals surface area contributed by atoms with Gasteiger partial charge in [0.05, 0.1) is 6.04 Å². The largest absolute Gasteiger partial charge is 0.444 e. The molecule has 0 aliphatic heterocycles. The van der Waals surface area contributed by atoms with Crippen molar-refractivity contribution in [1.29, 1.82) is 0 Å². The van der Waals surface area contributed by atoms with Gasteiger partial charge in [0.25, 0.3) is 0 Å². The van der Waals surface area contributed by atoms with Crippen LogP contribution in [0.2, 0.25) is 0 Å². The van der Waals surface area contributed by atoms with Gasteiger partial charge in [0.2, 0.25) is 0 Å². The Bertz CT molecular complexity index is 314. The van der Waals surface area contributed by atoms with E-state index in [1.807, 2.05) is 0 Å². The lowest BCUT2D eigenvalue weighted by molar-refractivity contribution is -0.129. The highest BCUT2D eigenvalue weighted by atomic mass is 16.6. The van der Waals surface area contributed by atoms with Crippen LogP contribution in [0.1, 0.15) is 47.0 Å². The molecule has 0 radical (unpaired) electrons. The monoisotopic (exact) mass is 242 g/mol. The molecule has 1 fully saturated rings.